The van der Waals surface area contributed by atoms with Crippen molar-refractivity contribution in [2.45, 2.75) is 0 Å². The lowest BCUT2D eigenvalue weighted by molar-refractivity contribution is 0.669. The summed E-state index contributed by atoms with van der Waals surface area (Å²) in [6.07, 6.45) is 0. The van der Waals surface area contributed by atoms with Crippen molar-refractivity contribution >= 4 is 82.1 Å². The van der Waals surface area contributed by atoms with E-state index in [0.717, 1.165) is 60.6 Å². The van der Waals surface area contributed by atoms with Gasteiger partial charge in [-0.05, 0) is 52.2 Å². The third-order valence-corrected chi connectivity index (χ3v) is 8.50. The molecule has 4 heterocycles. The number of hydrogen-bond donors (Lipinski definition) is 0. The first-order valence-electron chi connectivity index (χ1n) is 13.5. The zero-order chi connectivity index (χ0) is 25.9. The predicted molar refractivity (Wildman–Crippen MR) is 164 cm³/mol. The molecule has 4 heteroatoms. The standard InChI is InChI=1S/C36H19N3O/c1-2-9-22-20(7-1)8-5-10-23(22)21-15-16-32-27(17-21)28-18-26-24-11-6-12-25-34-36(38-30-14-4-3-13-29(30)37-34)39(35(24)25)31(26)19-33(28)40-32/h1-19H. The minimum absolute atomic E-state index is 0.875. The first kappa shape index (κ1) is 20.5. The van der Waals surface area contributed by atoms with Crippen molar-refractivity contribution < 1.29 is 4.42 Å². The van der Waals surface area contributed by atoms with Crippen LogP contribution in [0.2, 0.25) is 0 Å². The Morgan fingerprint density at radius 2 is 1.27 bits per heavy atom. The smallest absolute Gasteiger partial charge is 0.165 e. The molecule has 0 amide bonds. The van der Waals surface area contributed by atoms with Crippen molar-refractivity contribution in [3.8, 4) is 11.1 Å². The number of para-hydroxylation sites is 3. The predicted octanol–water partition coefficient (Wildman–Crippen LogP) is 9.50. The molecule has 6 aromatic carbocycles. The molecule has 4 nitrogen and oxygen atoms in total. The summed E-state index contributed by atoms with van der Waals surface area (Å²) in [5, 5.41) is 8.28. The number of benzene rings is 6. The van der Waals surface area contributed by atoms with Gasteiger partial charge in [0.05, 0.1) is 22.1 Å². The largest absolute Gasteiger partial charge is 0.456 e. The Hall–Kier alpha value is -5.48. The topological polar surface area (TPSA) is 43.3 Å². The van der Waals surface area contributed by atoms with Gasteiger partial charge in [0.1, 0.15) is 16.7 Å². The third kappa shape index (κ3) is 2.51. The van der Waals surface area contributed by atoms with E-state index in [-0.39, 0.29) is 0 Å². The van der Waals surface area contributed by atoms with E-state index in [9.17, 15) is 0 Å². The molecule has 0 saturated carbocycles. The maximum atomic E-state index is 6.46. The van der Waals surface area contributed by atoms with E-state index in [2.05, 4.69) is 95.4 Å². The molecule has 0 saturated heterocycles. The van der Waals surface area contributed by atoms with E-state index in [4.69, 9.17) is 14.4 Å². The summed E-state index contributed by atoms with van der Waals surface area (Å²) in [5.74, 6) is 0. The van der Waals surface area contributed by atoms with Crippen molar-refractivity contribution in [2.75, 3.05) is 0 Å². The van der Waals surface area contributed by atoms with Crippen molar-refractivity contribution in [1.82, 2.24) is 14.4 Å². The normalized spacial score (nSPS) is 12.5. The molecule has 0 aliphatic rings. The monoisotopic (exact) mass is 509 g/mol. The summed E-state index contributed by atoms with van der Waals surface area (Å²) in [4.78, 5) is 10.1. The van der Waals surface area contributed by atoms with Crippen LogP contribution in [0.25, 0.3) is 93.2 Å². The highest BCUT2D eigenvalue weighted by Crippen LogP contribution is 2.42. The highest BCUT2D eigenvalue weighted by Gasteiger charge is 2.21. The van der Waals surface area contributed by atoms with E-state index < -0.39 is 0 Å². The van der Waals surface area contributed by atoms with Gasteiger partial charge < -0.3 is 4.42 Å². The molecule has 0 fully saturated rings. The maximum Gasteiger partial charge on any atom is 0.165 e. The summed E-state index contributed by atoms with van der Waals surface area (Å²) < 4.78 is 8.73. The molecule has 0 N–H and O–H groups in total. The number of hydrogen-bond acceptors (Lipinski definition) is 3. The van der Waals surface area contributed by atoms with Gasteiger partial charge >= 0.3 is 0 Å². The van der Waals surface area contributed by atoms with Crippen LogP contribution in [0.1, 0.15) is 0 Å². The molecule has 0 bridgehead atoms. The van der Waals surface area contributed by atoms with Gasteiger partial charge in [0.15, 0.2) is 5.65 Å². The van der Waals surface area contributed by atoms with Crippen molar-refractivity contribution in [3.05, 3.63) is 115 Å². The number of fused-ring (bicyclic) bond motifs is 11. The fraction of sp³-hybridized carbons (Fsp3) is 0. The third-order valence-electron chi connectivity index (χ3n) is 8.50. The molecule has 184 valence electrons. The van der Waals surface area contributed by atoms with Crippen molar-refractivity contribution in [2.24, 2.45) is 0 Å². The number of nitrogens with zero attached hydrogens (tertiary/aromatic N) is 3. The summed E-state index contributed by atoms with van der Waals surface area (Å²) in [6, 6.07) is 40.7. The van der Waals surface area contributed by atoms with Crippen LogP contribution in [-0.4, -0.2) is 14.4 Å². The Balaban J connectivity index is 1.30. The Morgan fingerprint density at radius 3 is 2.23 bits per heavy atom. The van der Waals surface area contributed by atoms with Crippen LogP contribution in [0.5, 0.6) is 0 Å². The first-order chi connectivity index (χ1) is 19.8. The number of rotatable bonds is 1. The molecule has 40 heavy (non-hydrogen) atoms. The zero-order valence-electron chi connectivity index (χ0n) is 21.2. The van der Waals surface area contributed by atoms with E-state index in [1.165, 1.54) is 32.7 Å². The van der Waals surface area contributed by atoms with Gasteiger partial charge in [-0.25, -0.2) is 9.97 Å². The number of aromatic nitrogens is 3. The van der Waals surface area contributed by atoms with E-state index in [0.29, 0.717) is 0 Å². The first-order valence-corrected chi connectivity index (χ1v) is 13.5. The second-order valence-corrected chi connectivity index (χ2v) is 10.6. The molecule has 0 aliphatic heterocycles. The lowest BCUT2D eigenvalue weighted by Crippen LogP contribution is -1.88. The van der Waals surface area contributed by atoms with Crippen LogP contribution in [-0.2, 0) is 0 Å². The van der Waals surface area contributed by atoms with Crippen LogP contribution in [0, 0.1) is 0 Å². The van der Waals surface area contributed by atoms with E-state index >= 15 is 0 Å². The second kappa shape index (κ2) is 7.13. The van der Waals surface area contributed by atoms with Gasteiger partial charge in [-0.2, -0.15) is 0 Å². The average Bonchev–Trinajstić information content (AvgIpc) is 3.64. The second-order valence-electron chi connectivity index (χ2n) is 10.6. The molecule has 10 aromatic rings. The molecule has 0 aliphatic carbocycles. The summed E-state index contributed by atoms with van der Waals surface area (Å²) in [7, 11) is 0. The van der Waals surface area contributed by atoms with Gasteiger partial charge in [0, 0.05) is 33.0 Å². The molecule has 0 spiro atoms. The molecule has 10 rings (SSSR count). The number of furan rings is 1. The van der Waals surface area contributed by atoms with Gasteiger partial charge in [-0.15, -0.1) is 0 Å². The highest BCUT2D eigenvalue weighted by molar-refractivity contribution is 6.25. The fourth-order valence-electron chi connectivity index (χ4n) is 6.72. The minimum Gasteiger partial charge on any atom is -0.456 e. The van der Waals surface area contributed by atoms with Crippen LogP contribution in [0.3, 0.4) is 0 Å². The Morgan fingerprint density at radius 1 is 0.525 bits per heavy atom. The zero-order valence-corrected chi connectivity index (χ0v) is 21.2. The summed E-state index contributed by atoms with van der Waals surface area (Å²) in [6.45, 7) is 0. The molecule has 0 unspecified atom stereocenters. The molecular weight excluding hydrogens is 490 g/mol. The maximum absolute atomic E-state index is 6.46. The fourth-order valence-corrected chi connectivity index (χ4v) is 6.72. The van der Waals surface area contributed by atoms with E-state index in [1.54, 1.807) is 0 Å². The van der Waals surface area contributed by atoms with Crippen LogP contribution < -0.4 is 0 Å². The van der Waals surface area contributed by atoms with E-state index in [1.807, 2.05) is 24.3 Å². The SMILES string of the molecule is c1ccc2c(-c3ccc4oc5cc6c(cc5c4c3)c3cccc4c5nc7ccccc7nc5n6c34)cccc2c1. The summed E-state index contributed by atoms with van der Waals surface area (Å²) >= 11 is 0. The highest BCUT2D eigenvalue weighted by atomic mass is 16.3. The molecule has 4 aromatic heterocycles. The van der Waals surface area contributed by atoms with Gasteiger partial charge in [0.25, 0.3) is 0 Å². The Bertz CT molecular complexity index is 2650. The summed E-state index contributed by atoms with van der Waals surface area (Å²) in [5.41, 5.74) is 10.1. The van der Waals surface area contributed by atoms with Gasteiger partial charge in [-0.1, -0.05) is 78.9 Å². The van der Waals surface area contributed by atoms with Gasteiger partial charge in [-0.3, -0.25) is 4.40 Å². The molecular formula is C36H19N3O. The quantitative estimate of drug-likeness (QED) is 0.221. The molecule has 0 atom stereocenters. The van der Waals surface area contributed by atoms with Crippen molar-refractivity contribution in [3.63, 3.8) is 0 Å². The average molecular weight is 510 g/mol. The van der Waals surface area contributed by atoms with Gasteiger partial charge in [0.2, 0.25) is 0 Å². The Labute approximate surface area is 227 Å². The van der Waals surface area contributed by atoms with Crippen LogP contribution in [0.15, 0.2) is 120 Å². The van der Waals surface area contributed by atoms with Crippen LogP contribution >= 0.6 is 0 Å². The van der Waals surface area contributed by atoms with Crippen LogP contribution in [0.4, 0.5) is 0 Å². The minimum atomic E-state index is 0.875. The van der Waals surface area contributed by atoms with Crippen molar-refractivity contribution in [1.29, 1.82) is 0 Å². The lowest BCUT2D eigenvalue weighted by Gasteiger charge is -2.07. The molecule has 0 radical (unpaired) electrons. The Kier molecular flexibility index (Phi) is 3.65. The lowest BCUT2D eigenvalue weighted by atomic mass is 9.97.